The van der Waals surface area contributed by atoms with Crippen LogP contribution in [-0.2, 0) is 14.5 Å². The van der Waals surface area contributed by atoms with Crippen LogP contribution in [0, 0.1) is 4.78 Å². The van der Waals surface area contributed by atoms with E-state index in [2.05, 4.69) is 0 Å². The fourth-order valence-electron chi connectivity index (χ4n) is 0.873. The van der Waals surface area contributed by atoms with Gasteiger partial charge in [0.05, 0.1) is 0 Å². The molecule has 0 aromatic rings. The van der Waals surface area contributed by atoms with Crippen LogP contribution >= 0.6 is 0 Å². The lowest BCUT2D eigenvalue weighted by Crippen LogP contribution is -2.32. The second-order valence-electron chi connectivity index (χ2n) is 2.95. The van der Waals surface area contributed by atoms with Crippen LogP contribution in [0.2, 0.25) is 0 Å². The molecule has 4 N–H and O–H groups in total. The molecule has 0 aliphatic heterocycles. The van der Waals surface area contributed by atoms with Crippen molar-refractivity contribution in [1.29, 1.82) is 4.78 Å². The Morgan fingerprint density at radius 2 is 2.15 bits per heavy atom. The molecule has 2 atom stereocenters. The van der Waals surface area contributed by atoms with Gasteiger partial charge < -0.3 is 10.8 Å². The summed E-state index contributed by atoms with van der Waals surface area (Å²) >= 11 is 0. The van der Waals surface area contributed by atoms with Crippen LogP contribution in [0.25, 0.3) is 0 Å². The Bertz CT molecular complexity index is 261. The maximum atomic E-state index is 11.3. The van der Waals surface area contributed by atoms with E-state index in [-0.39, 0.29) is 12.2 Å². The minimum atomic E-state index is -2.60. The average molecular weight is 208 g/mol. The average Bonchev–Trinajstić information content (AvgIpc) is 2.00. The van der Waals surface area contributed by atoms with Crippen LogP contribution < -0.4 is 5.73 Å². The van der Waals surface area contributed by atoms with Gasteiger partial charge >= 0.3 is 5.97 Å². The molecule has 0 amide bonds. The highest BCUT2D eigenvalue weighted by Gasteiger charge is 2.14. The SMILES string of the molecule is CCC[S@@](=N)(=O)CC[C@H](N)C(=O)O. The van der Waals surface area contributed by atoms with Crippen LogP contribution in [0.4, 0.5) is 0 Å². The highest BCUT2D eigenvalue weighted by molar-refractivity contribution is 7.92. The number of hydrogen-bond donors (Lipinski definition) is 3. The summed E-state index contributed by atoms with van der Waals surface area (Å²) in [6, 6.07) is -0.997. The number of aliphatic carboxylic acids is 1. The quantitative estimate of drug-likeness (QED) is 0.581. The third-order valence-corrected chi connectivity index (χ3v) is 3.57. The molecular weight excluding hydrogens is 192 g/mol. The van der Waals surface area contributed by atoms with Crippen LogP contribution in [0.15, 0.2) is 0 Å². The van der Waals surface area contributed by atoms with Crippen molar-refractivity contribution in [2.45, 2.75) is 25.8 Å². The molecule has 0 spiro atoms. The number of hydrogen-bond acceptors (Lipinski definition) is 4. The minimum absolute atomic E-state index is 0.0777. The van der Waals surface area contributed by atoms with Crippen molar-refractivity contribution in [2.75, 3.05) is 11.5 Å². The van der Waals surface area contributed by atoms with Crippen LogP contribution in [0.1, 0.15) is 19.8 Å². The van der Waals surface area contributed by atoms with Gasteiger partial charge in [-0.05, 0) is 12.8 Å². The summed E-state index contributed by atoms with van der Waals surface area (Å²) < 4.78 is 18.7. The highest BCUT2D eigenvalue weighted by Crippen LogP contribution is 2.00. The van der Waals surface area contributed by atoms with Gasteiger partial charge in [-0.1, -0.05) is 6.92 Å². The van der Waals surface area contributed by atoms with Crippen molar-refractivity contribution in [3.63, 3.8) is 0 Å². The second kappa shape index (κ2) is 5.18. The zero-order chi connectivity index (χ0) is 10.5. The van der Waals surface area contributed by atoms with E-state index in [1.807, 2.05) is 6.92 Å². The Morgan fingerprint density at radius 3 is 2.54 bits per heavy atom. The smallest absolute Gasteiger partial charge is 0.320 e. The maximum absolute atomic E-state index is 11.3. The Balaban J connectivity index is 3.95. The highest BCUT2D eigenvalue weighted by atomic mass is 32.2. The largest absolute Gasteiger partial charge is 0.480 e. The van der Waals surface area contributed by atoms with Gasteiger partial charge in [0, 0.05) is 21.2 Å². The van der Waals surface area contributed by atoms with Crippen molar-refractivity contribution >= 4 is 15.7 Å². The summed E-state index contributed by atoms with van der Waals surface area (Å²) in [6.45, 7) is 1.84. The molecule has 5 nitrogen and oxygen atoms in total. The molecule has 0 aliphatic carbocycles. The minimum Gasteiger partial charge on any atom is -0.480 e. The number of carboxylic acid groups (broad SMARTS) is 1. The normalized spacial score (nSPS) is 17.7. The molecular formula is C7H16N2O3S. The van der Waals surface area contributed by atoms with Gasteiger partial charge in [0.2, 0.25) is 0 Å². The van der Waals surface area contributed by atoms with Crippen LogP contribution in [-0.4, -0.2) is 32.8 Å². The fourth-order valence-corrected chi connectivity index (χ4v) is 2.37. The summed E-state index contributed by atoms with van der Waals surface area (Å²) in [7, 11) is -2.60. The molecule has 13 heavy (non-hydrogen) atoms. The Hall–Kier alpha value is -0.620. The zero-order valence-electron chi connectivity index (χ0n) is 7.66. The first kappa shape index (κ1) is 12.4. The first-order valence-corrected chi connectivity index (χ1v) is 6.01. The van der Waals surface area contributed by atoms with Crippen LogP contribution in [0.3, 0.4) is 0 Å². The molecule has 0 heterocycles. The molecule has 0 aliphatic rings. The number of nitrogens with one attached hydrogen (secondary N) is 1. The molecule has 0 aromatic carbocycles. The lowest BCUT2D eigenvalue weighted by Gasteiger charge is -2.08. The molecule has 0 bridgehead atoms. The predicted molar refractivity (Wildman–Crippen MR) is 51.1 cm³/mol. The van der Waals surface area contributed by atoms with Gasteiger partial charge in [0.15, 0.2) is 0 Å². The predicted octanol–water partition coefficient (Wildman–Crippen LogP) is 0.245. The third kappa shape index (κ3) is 5.59. The lowest BCUT2D eigenvalue weighted by molar-refractivity contribution is -0.138. The van der Waals surface area contributed by atoms with Crippen molar-refractivity contribution in [3.8, 4) is 0 Å². The van der Waals surface area contributed by atoms with Gasteiger partial charge in [-0.15, -0.1) is 0 Å². The van der Waals surface area contributed by atoms with Crippen molar-refractivity contribution < 1.29 is 14.1 Å². The Labute approximate surface area is 78.3 Å². The van der Waals surface area contributed by atoms with E-state index in [0.717, 1.165) is 0 Å². The maximum Gasteiger partial charge on any atom is 0.320 e. The summed E-state index contributed by atoms with van der Waals surface area (Å²) in [4.78, 5) is 10.3. The topological polar surface area (TPSA) is 104 Å². The molecule has 0 saturated carbocycles. The van der Waals surface area contributed by atoms with Gasteiger partial charge in [0.25, 0.3) is 0 Å². The number of carboxylic acids is 1. The van der Waals surface area contributed by atoms with E-state index in [9.17, 15) is 9.00 Å². The zero-order valence-corrected chi connectivity index (χ0v) is 8.47. The van der Waals surface area contributed by atoms with E-state index in [1.54, 1.807) is 0 Å². The summed E-state index contributed by atoms with van der Waals surface area (Å²) in [5.74, 6) is -0.708. The van der Waals surface area contributed by atoms with Crippen LogP contribution in [0.5, 0.6) is 0 Å². The standard InChI is InChI=1S/C7H16N2O3S/c1-2-4-13(9,12)5-3-6(8)7(10)11/h6,9H,2-5,8H2,1H3,(H,10,11)/t6-,13+/m0/s1. The van der Waals surface area contributed by atoms with Gasteiger partial charge in [0.1, 0.15) is 6.04 Å². The lowest BCUT2D eigenvalue weighted by atomic mass is 10.2. The first-order chi connectivity index (χ1) is 5.89. The van der Waals surface area contributed by atoms with E-state index >= 15 is 0 Å². The second-order valence-corrected chi connectivity index (χ2v) is 5.39. The van der Waals surface area contributed by atoms with E-state index in [1.165, 1.54) is 0 Å². The third-order valence-electron chi connectivity index (χ3n) is 1.61. The molecule has 0 radical (unpaired) electrons. The van der Waals surface area contributed by atoms with Gasteiger partial charge in [-0.25, -0.2) is 4.21 Å². The summed E-state index contributed by atoms with van der Waals surface area (Å²) in [6.07, 6.45) is 0.780. The number of carbonyl (C=O) groups is 1. The number of rotatable bonds is 6. The summed E-state index contributed by atoms with van der Waals surface area (Å²) in [5, 5.41) is 8.43. The van der Waals surface area contributed by atoms with Gasteiger partial charge in [-0.3, -0.25) is 9.57 Å². The molecule has 0 rings (SSSR count). The fraction of sp³-hybridized carbons (Fsp3) is 0.857. The van der Waals surface area contributed by atoms with Crippen molar-refractivity contribution in [2.24, 2.45) is 5.73 Å². The molecule has 6 heteroatoms. The molecule has 78 valence electrons. The molecule has 0 saturated heterocycles. The molecule has 0 aromatic heterocycles. The monoisotopic (exact) mass is 208 g/mol. The Kier molecular flexibility index (Phi) is 4.94. The van der Waals surface area contributed by atoms with E-state index in [4.69, 9.17) is 15.6 Å². The van der Waals surface area contributed by atoms with Crippen molar-refractivity contribution in [3.05, 3.63) is 0 Å². The first-order valence-electron chi connectivity index (χ1n) is 4.11. The molecule has 0 unspecified atom stereocenters. The summed E-state index contributed by atoms with van der Waals surface area (Å²) in [5.41, 5.74) is 5.21. The van der Waals surface area contributed by atoms with Crippen molar-refractivity contribution in [1.82, 2.24) is 0 Å². The molecule has 0 fully saturated rings. The number of nitrogens with two attached hydrogens (primary N) is 1. The van der Waals surface area contributed by atoms with E-state index < -0.39 is 21.7 Å². The van der Waals surface area contributed by atoms with Gasteiger partial charge in [-0.2, -0.15) is 0 Å². The van der Waals surface area contributed by atoms with E-state index in [0.29, 0.717) is 12.2 Å². The Morgan fingerprint density at radius 1 is 1.62 bits per heavy atom.